The Kier molecular flexibility index (Phi) is 14.3. The van der Waals surface area contributed by atoms with E-state index in [4.69, 9.17) is 14.2 Å². The van der Waals surface area contributed by atoms with Crippen LogP contribution in [0, 0.1) is 11.8 Å². The predicted octanol–water partition coefficient (Wildman–Crippen LogP) is 6.95. The molecule has 1 aliphatic carbocycles. The van der Waals surface area contributed by atoms with Crippen LogP contribution in [0.3, 0.4) is 0 Å². The molecule has 3 rings (SSSR count). The highest BCUT2D eigenvalue weighted by molar-refractivity contribution is 5.69. The summed E-state index contributed by atoms with van der Waals surface area (Å²) in [5.41, 5.74) is 0.968. The number of aliphatic hydroxyl groups is 2. The maximum absolute atomic E-state index is 14.5. The molecule has 6 atom stereocenters. The van der Waals surface area contributed by atoms with Crippen LogP contribution in [0.1, 0.15) is 109 Å². The van der Waals surface area contributed by atoms with E-state index in [-0.39, 0.29) is 49.6 Å². The first kappa shape index (κ1) is 32.9. The summed E-state index contributed by atoms with van der Waals surface area (Å²) >= 11 is 0. The fourth-order valence-corrected chi connectivity index (χ4v) is 6.08. The molecule has 3 unspecified atom stereocenters. The van der Waals surface area contributed by atoms with Crippen LogP contribution in [0.15, 0.2) is 30.3 Å². The lowest BCUT2D eigenvalue weighted by Gasteiger charge is -2.31. The van der Waals surface area contributed by atoms with Gasteiger partial charge in [0.2, 0.25) is 0 Å². The van der Waals surface area contributed by atoms with Crippen LogP contribution in [0.5, 0.6) is 0 Å². The molecule has 6 nitrogen and oxygen atoms in total. The molecule has 1 aromatic carbocycles. The minimum Gasteiger partial charge on any atom is -0.461 e. The summed E-state index contributed by atoms with van der Waals surface area (Å²) in [4.78, 5) is 12.0. The van der Waals surface area contributed by atoms with Crippen molar-refractivity contribution in [3.05, 3.63) is 35.9 Å². The topological polar surface area (TPSA) is 85.2 Å². The van der Waals surface area contributed by atoms with Crippen LogP contribution in [0.2, 0.25) is 0 Å². The van der Waals surface area contributed by atoms with Gasteiger partial charge in [-0.05, 0) is 68.8 Å². The Morgan fingerprint density at radius 3 is 2.58 bits per heavy atom. The molecule has 2 fully saturated rings. The number of ether oxygens (including phenoxy) is 3. The van der Waals surface area contributed by atoms with Gasteiger partial charge in [-0.3, -0.25) is 4.79 Å². The molecule has 40 heavy (non-hydrogen) atoms. The fraction of sp³-hybridized carbons (Fsp3) is 0.781. The number of esters is 1. The SMILES string of the molecule is CCCCC(F)(F)C(O)CC[C@@H]1C(CCCCCCC(=O)OCc2ccccc2)[C@@H](O)C[C@H]1OC1CCCCO1. The maximum atomic E-state index is 14.5. The molecule has 1 heterocycles. The average Bonchev–Trinajstić information content (AvgIpc) is 3.25. The number of unbranched alkanes of at least 4 members (excludes halogenated alkanes) is 4. The highest BCUT2D eigenvalue weighted by Gasteiger charge is 2.45. The van der Waals surface area contributed by atoms with Crippen molar-refractivity contribution in [2.45, 2.75) is 140 Å². The van der Waals surface area contributed by atoms with Crippen LogP contribution in [0.4, 0.5) is 8.78 Å². The highest BCUT2D eigenvalue weighted by Crippen LogP contribution is 2.42. The average molecular weight is 569 g/mol. The summed E-state index contributed by atoms with van der Waals surface area (Å²) in [6.45, 7) is 2.80. The van der Waals surface area contributed by atoms with Crippen molar-refractivity contribution in [2.75, 3.05) is 6.61 Å². The van der Waals surface area contributed by atoms with Gasteiger partial charge in [0.1, 0.15) is 12.7 Å². The molecule has 0 aromatic heterocycles. The monoisotopic (exact) mass is 568 g/mol. The molecule has 1 saturated carbocycles. The molecule has 2 N–H and O–H groups in total. The van der Waals surface area contributed by atoms with Gasteiger partial charge in [0.25, 0.3) is 5.92 Å². The van der Waals surface area contributed by atoms with E-state index in [1.54, 1.807) is 0 Å². The van der Waals surface area contributed by atoms with E-state index >= 15 is 0 Å². The third-order valence-electron chi connectivity index (χ3n) is 8.50. The second kappa shape index (κ2) is 17.4. The number of hydrogen-bond donors (Lipinski definition) is 2. The van der Waals surface area contributed by atoms with E-state index in [0.29, 0.717) is 38.7 Å². The predicted molar refractivity (Wildman–Crippen MR) is 150 cm³/mol. The molecule has 0 bridgehead atoms. The second-order valence-electron chi connectivity index (χ2n) is 11.7. The zero-order valence-electron chi connectivity index (χ0n) is 24.2. The van der Waals surface area contributed by atoms with Gasteiger partial charge in [0, 0.05) is 25.9 Å². The van der Waals surface area contributed by atoms with E-state index in [2.05, 4.69) is 0 Å². The van der Waals surface area contributed by atoms with Crippen molar-refractivity contribution in [1.82, 2.24) is 0 Å². The smallest absolute Gasteiger partial charge is 0.306 e. The summed E-state index contributed by atoms with van der Waals surface area (Å²) in [5, 5.41) is 21.3. The van der Waals surface area contributed by atoms with Gasteiger partial charge in [-0.2, -0.15) is 0 Å². The normalized spacial score (nSPS) is 26.1. The van der Waals surface area contributed by atoms with Crippen LogP contribution < -0.4 is 0 Å². The Balaban J connectivity index is 1.44. The number of carbonyl (C=O) groups excluding carboxylic acids is 1. The Bertz CT molecular complexity index is 832. The molecule has 8 heteroatoms. The third-order valence-corrected chi connectivity index (χ3v) is 8.50. The van der Waals surface area contributed by atoms with E-state index < -0.39 is 18.1 Å². The van der Waals surface area contributed by atoms with Gasteiger partial charge < -0.3 is 24.4 Å². The number of alkyl halides is 2. The molecule has 2 aliphatic rings. The number of rotatable bonds is 18. The van der Waals surface area contributed by atoms with Gasteiger partial charge in [0.15, 0.2) is 6.29 Å². The largest absolute Gasteiger partial charge is 0.461 e. The van der Waals surface area contributed by atoms with E-state index in [1.807, 2.05) is 37.3 Å². The van der Waals surface area contributed by atoms with Gasteiger partial charge in [0.05, 0.1) is 12.2 Å². The lowest BCUT2D eigenvalue weighted by molar-refractivity contribution is -0.197. The van der Waals surface area contributed by atoms with Crippen molar-refractivity contribution < 1.29 is 38.0 Å². The number of benzene rings is 1. The minimum atomic E-state index is -3.10. The zero-order valence-corrected chi connectivity index (χ0v) is 24.2. The number of aliphatic hydroxyl groups excluding tert-OH is 2. The van der Waals surface area contributed by atoms with Crippen LogP contribution in [-0.4, -0.2) is 53.3 Å². The Labute approximate surface area is 238 Å². The summed E-state index contributed by atoms with van der Waals surface area (Å²) in [7, 11) is 0. The molecule has 1 aliphatic heterocycles. The Hall–Kier alpha value is -1.61. The van der Waals surface area contributed by atoms with Crippen LogP contribution in [-0.2, 0) is 25.6 Å². The lowest BCUT2D eigenvalue weighted by atomic mass is 9.84. The maximum Gasteiger partial charge on any atom is 0.306 e. The Morgan fingerprint density at radius 1 is 1.07 bits per heavy atom. The quantitative estimate of drug-likeness (QED) is 0.147. The van der Waals surface area contributed by atoms with Gasteiger partial charge >= 0.3 is 5.97 Å². The molecular weight excluding hydrogens is 518 g/mol. The third kappa shape index (κ3) is 11.0. The minimum absolute atomic E-state index is 0.0128. The summed E-state index contributed by atoms with van der Waals surface area (Å²) in [6, 6.07) is 9.60. The summed E-state index contributed by atoms with van der Waals surface area (Å²) < 4.78 is 46.3. The first-order valence-electron chi connectivity index (χ1n) is 15.5. The number of halogens is 2. The number of hydrogen-bond acceptors (Lipinski definition) is 6. The van der Waals surface area contributed by atoms with Crippen LogP contribution in [0.25, 0.3) is 0 Å². The first-order chi connectivity index (χ1) is 19.3. The zero-order chi connectivity index (χ0) is 28.8. The van der Waals surface area contributed by atoms with Crippen molar-refractivity contribution in [3.8, 4) is 0 Å². The van der Waals surface area contributed by atoms with Crippen molar-refractivity contribution in [2.24, 2.45) is 11.8 Å². The van der Waals surface area contributed by atoms with Crippen molar-refractivity contribution >= 4 is 5.97 Å². The van der Waals surface area contributed by atoms with E-state index in [1.165, 1.54) is 0 Å². The summed E-state index contributed by atoms with van der Waals surface area (Å²) in [5.74, 6) is -3.48. The number of carbonyl (C=O) groups is 1. The van der Waals surface area contributed by atoms with E-state index in [0.717, 1.165) is 56.9 Å². The van der Waals surface area contributed by atoms with Crippen LogP contribution >= 0.6 is 0 Å². The Morgan fingerprint density at radius 2 is 1.85 bits per heavy atom. The van der Waals surface area contributed by atoms with E-state index in [9.17, 15) is 23.8 Å². The van der Waals surface area contributed by atoms with Gasteiger partial charge in [-0.15, -0.1) is 0 Å². The molecule has 0 amide bonds. The molecule has 1 saturated heterocycles. The molecule has 228 valence electrons. The first-order valence-corrected chi connectivity index (χ1v) is 15.5. The second-order valence-corrected chi connectivity index (χ2v) is 11.7. The van der Waals surface area contributed by atoms with Crippen molar-refractivity contribution in [3.63, 3.8) is 0 Å². The molecule has 0 radical (unpaired) electrons. The van der Waals surface area contributed by atoms with Gasteiger partial charge in [-0.1, -0.05) is 62.9 Å². The van der Waals surface area contributed by atoms with Crippen molar-refractivity contribution in [1.29, 1.82) is 0 Å². The molecule has 0 spiro atoms. The van der Waals surface area contributed by atoms with Gasteiger partial charge in [-0.25, -0.2) is 8.78 Å². The molecular formula is C32H50F2O6. The lowest BCUT2D eigenvalue weighted by Crippen LogP contribution is -2.36. The molecule has 1 aromatic rings. The summed E-state index contributed by atoms with van der Waals surface area (Å²) in [6.07, 6.45) is 6.11. The highest BCUT2D eigenvalue weighted by atomic mass is 19.3. The standard InChI is InChI=1S/C32H50F2O6/c1-2-3-20-32(33,34)29(36)19-18-26-25(27(35)22-28(26)40-31-17-11-12-21-38-31)15-9-4-5-10-16-30(37)39-23-24-13-7-6-8-14-24/h6-8,13-14,25-29,31,35-36H,2-5,9-12,15-23H2,1H3/t25?,26-,27+,28-,29?,31?/m1/s1. The fourth-order valence-electron chi connectivity index (χ4n) is 6.08.